The van der Waals surface area contributed by atoms with Crippen molar-refractivity contribution >= 4 is 17.3 Å². The summed E-state index contributed by atoms with van der Waals surface area (Å²) in [6.45, 7) is 9.21. The molecule has 2 N–H and O–H groups in total. The maximum Gasteiger partial charge on any atom is 0.218 e. The maximum atomic E-state index is 5.79. The van der Waals surface area contributed by atoms with Gasteiger partial charge in [0.2, 0.25) is 5.88 Å². The first-order valence-corrected chi connectivity index (χ1v) is 10.6. The summed E-state index contributed by atoms with van der Waals surface area (Å²) in [4.78, 5) is 14.8. The highest BCUT2D eigenvalue weighted by molar-refractivity contribution is 7.11. The van der Waals surface area contributed by atoms with Gasteiger partial charge in [-0.05, 0) is 25.8 Å². The summed E-state index contributed by atoms with van der Waals surface area (Å²) in [5.41, 5.74) is 0.998. The number of aromatic nitrogens is 2. The molecule has 0 aliphatic heterocycles. The predicted octanol–water partition coefficient (Wildman–Crippen LogP) is 3.58. The summed E-state index contributed by atoms with van der Waals surface area (Å²) >= 11 is 1.78. The number of aryl methyl sites for hydroxylation is 1. The van der Waals surface area contributed by atoms with Crippen LogP contribution in [0.3, 0.4) is 0 Å². The van der Waals surface area contributed by atoms with Gasteiger partial charge in [0.25, 0.3) is 0 Å². The van der Waals surface area contributed by atoms with Crippen LogP contribution in [0.25, 0.3) is 0 Å². The zero-order valence-corrected chi connectivity index (χ0v) is 17.4. The molecule has 2 aromatic heterocycles. The van der Waals surface area contributed by atoms with Crippen LogP contribution in [-0.2, 0) is 19.4 Å². The average Bonchev–Trinajstić information content (AvgIpc) is 3.15. The van der Waals surface area contributed by atoms with E-state index in [-0.39, 0.29) is 0 Å². The quantitative estimate of drug-likeness (QED) is 0.349. The normalized spacial score (nSPS) is 11.4. The number of hydrogen-bond acceptors (Lipinski definition) is 5. The van der Waals surface area contributed by atoms with Crippen molar-refractivity contribution in [1.29, 1.82) is 0 Å². The minimum atomic E-state index is 0.530. The van der Waals surface area contributed by atoms with Crippen molar-refractivity contribution in [2.24, 2.45) is 4.99 Å². The first-order valence-electron chi connectivity index (χ1n) is 9.79. The molecule has 0 fully saturated rings. The number of nitrogens with one attached hydrogen (secondary N) is 2. The smallest absolute Gasteiger partial charge is 0.218 e. The molecule has 0 spiro atoms. The van der Waals surface area contributed by atoms with E-state index in [0.29, 0.717) is 19.0 Å². The van der Waals surface area contributed by atoms with Gasteiger partial charge in [-0.1, -0.05) is 26.3 Å². The van der Waals surface area contributed by atoms with Gasteiger partial charge >= 0.3 is 0 Å². The molecule has 0 atom stereocenters. The Morgan fingerprint density at radius 1 is 1.22 bits per heavy atom. The number of aliphatic imine (C=N–C) groups is 1. The van der Waals surface area contributed by atoms with Gasteiger partial charge in [0.05, 0.1) is 18.2 Å². The van der Waals surface area contributed by atoms with Crippen LogP contribution in [0.4, 0.5) is 0 Å². The van der Waals surface area contributed by atoms with E-state index in [1.165, 1.54) is 4.88 Å². The third-order valence-corrected chi connectivity index (χ3v) is 5.12. The molecule has 0 unspecified atom stereocenters. The number of pyridine rings is 1. The molecule has 0 saturated heterocycles. The zero-order chi connectivity index (χ0) is 19.3. The first-order chi connectivity index (χ1) is 13.3. The van der Waals surface area contributed by atoms with E-state index in [1.807, 2.05) is 18.3 Å². The molecule has 0 aromatic carbocycles. The SMILES string of the molecule is CCCCOc1ncccc1CN=C(NCC)NCCc1ncc(CC)s1. The molecule has 0 aliphatic carbocycles. The lowest BCUT2D eigenvalue weighted by Crippen LogP contribution is -2.38. The van der Waals surface area contributed by atoms with Gasteiger partial charge in [0, 0.05) is 42.3 Å². The molecule has 27 heavy (non-hydrogen) atoms. The molecule has 0 bridgehead atoms. The highest BCUT2D eigenvalue weighted by Crippen LogP contribution is 2.16. The van der Waals surface area contributed by atoms with Crippen LogP contribution in [0.5, 0.6) is 5.88 Å². The van der Waals surface area contributed by atoms with Gasteiger partial charge in [-0.15, -0.1) is 11.3 Å². The number of guanidine groups is 1. The fourth-order valence-electron chi connectivity index (χ4n) is 2.41. The number of nitrogens with zero attached hydrogens (tertiary/aromatic N) is 3. The van der Waals surface area contributed by atoms with Gasteiger partial charge in [-0.25, -0.2) is 15.0 Å². The Kier molecular flexibility index (Phi) is 9.62. The molecule has 0 radical (unpaired) electrons. The summed E-state index contributed by atoms with van der Waals surface area (Å²) in [6, 6.07) is 3.94. The second-order valence-electron chi connectivity index (χ2n) is 6.12. The number of ether oxygens (including phenoxy) is 1. The largest absolute Gasteiger partial charge is 0.477 e. The second kappa shape index (κ2) is 12.3. The molecule has 6 nitrogen and oxygen atoms in total. The van der Waals surface area contributed by atoms with E-state index in [9.17, 15) is 0 Å². The highest BCUT2D eigenvalue weighted by atomic mass is 32.1. The van der Waals surface area contributed by atoms with E-state index in [1.54, 1.807) is 17.5 Å². The van der Waals surface area contributed by atoms with E-state index in [4.69, 9.17) is 4.74 Å². The second-order valence-corrected chi connectivity index (χ2v) is 7.32. The first kappa shape index (κ1) is 21.2. The van der Waals surface area contributed by atoms with Crippen LogP contribution in [0.2, 0.25) is 0 Å². The Bertz CT molecular complexity index is 701. The zero-order valence-electron chi connectivity index (χ0n) is 16.6. The molecular weight excluding hydrogens is 358 g/mol. The van der Waals surface area contributed by atoms with Crippen LogP contribution in [0, 0.1) is 0 Å². The van der Waals surface area contributed by atoms with Gasteiger partial charge in [-0.2, -0.15) is 0 Å². The monoisotopic (exact) mass is 389 g/mol. The predicted molar refractivity (Wildman–Crippen MR) is 113 cm³/mol. The lowest BCUT2D eigenvalue weighted by Gasteiger charge is -2.12. The van der Waals surface area contributed by atoms with Crippen molar-refractivity contribution < 1.29 is 4.74 Å². The van der Waals surface area contributed by atoms with Crippen molar-refractivity contribution in [2.75, 3.05) is 19.7 Å². The Hall–Kier alpha value is -2.15. The standard InChI is InChI=1S/C20H31N5OS/c1-4-7-13-26-19-16(9-8-11-22-19)14-25-20(21-6-3)23-12-10-18-24-15-17(5-2)27-18/h8-9,11,15H,4-7,10,12-14H2,1-3H3,(H2,21,23,25). The van der Waals surface area contributed by atoms with Crippen molar-refractivity contribution in [3.8, 4) is 5.88 Å². The molecule has 0 saturated carbocycles. The van der Waals surface area contributed by atoms with Gasteiger partial charge in [0.15, 0.2) is 5.96 Å². The molecule has 7 heteroatoms. The third kappa shape index (κ3) is 7.54. The van der Waals surface area contributed by atoms with Crippen LogP contribution in [0.15, 0.2) is 29.5 Å². The van der Waals surface area contributed by atoms with Crippen LogP contribution < -0.4 is 15.4 Å². The molecule has 148 valence electrons. The van der Waals surface area contributed by atoms with E-state index in [0.717, 1.165) is 55.3 Å². The van der Waals surface area contributed by atoms with Crippen molar-refractivity contribution in [1.82, 2.24) is 20.6 Å². The Morgan fingerprint density at radius 2 is 2.11 bits per heavy atom. The van der Waals surface area contributed by atoms with E-state index in [2.05, 4.69) is 46.4 Å². The lowest BCUT2D eigenvalue weighted by molar-refractivity contribution is 0.294. The third-order valence-electron chi connectivity index (χ3n) is 3.92. The molecule has 2 rings (SSSR count). The van der Waals surface area contributed by atoms with Crippen molar-refractivity contribution in [3.63, 3.8) is 0 Å². The van der Waals surface area contributed by atoms with Crippen LogP contribution in [-0.4, -0.2) is 35.6 Å². The molecular formula is C20H31N5OS. The Morgan fingerprint density at radius 3 is 2.85 bits per heavy atom. The fraction of sp³-hybridized carbons (Fsp3) is 0.550. The number of thiazole rings is 1. The Balaban J connectivity index is 1.90. The van der Waals surface area contributed by atoms with Gasteiger partial charge < -0.3 is 15.4 Å². The van der Waals surface area contributed by atoms with Crippen molar-refractivity contribution in [2.45, 2.75) is 53.0 Å². The maximum absolute atomic E-state index is 5.79. The summed E-state index contributed by atoms with van der Waals surface area (Å²) in [5, 5.41) is 7.83. The number of hydrogen-bond donors (Lipinski definition) is 2. The summed E-state index contributed by atoms with van der Waals surface area (Å²) in [5.74, 6) is 1.48. The number of unbranched alkanes of at least 4 members (excludes halogenated alkanes) is 1. The number of rotatable bonds is 11. The summed E-state index contributed by atoms with van der Waals surface area (Å²) < 4.78 is 5.79. The van der Waals surface area contributed by atoms with E-state index < -0.39 is 0 Å². The van der Waals surface area contributed by atoms with E-state index >= 15 is 0 Å². The topological polar surface area (TPSA) is 71.4 Å². The van der Waals surface area contributed by atoms with Gasteiger partial charge in [-0.3, -0.25) is 0 Å². The molecule has 0 aliphatic rings. The lowest BCUT2D eigenvalue weighted by atomic mass is 10.2. The van der Waals surface area contributed by atoms with Gasteiger partial charge in [0.1, 0.15) is 0 Å². The minimum Gasteiger partial charge on any atom is -0.477 e. The average molecular weight is 390 g/mol. The van der Waals surface area contributed by atoms with Crippen molar-refractivity contribution in [3.05, 3.63) is 40.0 Å². The molecule has 2 aromatic rings. The Labute approximate surface area is 166 Å². The highest BCUT2D eigenvalue weighted by Gasteiger charge is 2.06. The summed E-state index contributed by atoms with van der Waals surface area (Å²) in [7, 11) is 0. The van der Waals surface area contributed by atoms with Crippen LogP contribution >= 0.6 is 11.3 Å². The minimum absolute atomic E-state index is 0.530. The molecule has 0 amide bonds. The summed E-state index contributed by atoms with van der Waals surface area (Å²) in [6.07, 6.45) is 7.81. The fourth-order valence-corrected chi connectivity index (χ4v) is 3.27. The molecule has 2 heterocycles. The van der Waals surface area contributed by atoms with Crippen LogP contribution in [0.1, 0.15) is 49.1 Å².